The molecule has 0 aliphatic rings. The number of hydrogen-bond donors (Lipinski definition) is 1. The van der Waals surface area contributed by atoms with Crippen molar-refractivity contribution < 1.29 is 17.6 Å². The van der Waals surface area contributed by atoms with Crippen molar-refractivity contribution >= 4 is 38.9 Å². The van der Waals surface area contributed by atoms with Crippen molar-refractivity contribution in [2.75, 3.05) is 22.4 Å². The van der Waals surface area contributed by atoms with E-state index in [1.54, 1.807) is 12.1 Å². The highest BCUT2D eigenvalue weighted by atomic mass is 35.5. The molecule has 0 saturated carbocycles. The topological polar surface area (TPSA) is 66.5 Å². The number of hydrogen-bond acceptors (Lipinski definition) is 3. The van der Waals surface area contributed by atoms with E-state index in [1.807, 2.05) is 19.1 Å². The number of nitrogens with one attached hydrogen (secondary N) is 1. The number of aryl methyl sites for hydroxylation is 1. The van der Waals surface area contributed by atoms with Crippen molar-refractivity contribution in [2.24, 2.45) is 0 Å². The molecule has 0 unspecified atom stereocenters. The Morgan fingerprint density at radius 2 is 1.85 bits per heavy atom. The molecular weight excluding hydrogens is 391 g/mol. The fourth-order valence-corrected chi connectivity index (χ4v) is 3.71. The fraction of sp³-hybridized carbons (Fsp3) is 0.316. The Kier molecular flexibility index (Phi) is 7.21. The molecule has 5 nitrogen and oxygen atoms in total. The van der Waals surface area contributed by atoms with Crippen molar-refractivity contribution in [1.82, 2.24) is 0 Å². The highest BCUT2D eigenvalue weighted by Gasteiger charge is 2.17. The van der Waals surface area contributed by atoms with Crippen LogP contribution < -0.4 is 9.62 Å². The number of sulfonamides is 1. The quantitative estimate of drug-likeness (QED) is 0.705. The summed E-state index contributed by atoms with van der Waals surface area (Å²) in [6.07, 6.45) is 2.46. The third-order valence-electron chi connectivity index (χ3n) is 4.00. The van der Waals surface area contributed by atoms with Gasteiger partial charge in [0.15, 0.2) is 0 Å². The van der Waals surface area contributed by atoms with Crippen molar-refractivity contribution in [1.29, 1.82) is 0 Å². The molecule has 0 saturated heterocycles. The van der Waals surface area contributed by atoms with Gasteiger partial charge < -0.3 is 5.32 Å². The molecule has 0 aliphatic heterocycles. The monoisotopic (exact) mass is 412 g/mol. The second-order valence-electron chi connectivity index (χ2n) is 6.14. The molecule has 2 aromatic rings. The Morgan fingerprint density at radius 3 is 2.41 bits per heavy atom. The van der Waals surface area contributed by atoms with E-state index in [0.717, 1.165) is 18.2 Å². The van der Waals surface area contributed by atoms with Gasteiger partial charge in [-0.25, -0.2) is 12.8 Å². The van der Waals surface area contributed by atoms with Gasteiger partial charge >= 0.3 is 0 Å². The average molecular weight is 413 g/mol. The minimum atomic E-state index is -3.46. The molecule has 0 fully saturated rings. The summed E-state index contributed by atoms with van der Waals surface area (Å²) >= 11 is 5.68. The number of anilines is 2. The molecule has 0 aromatic heterocycles. The minimum Gasteiger partial charge on any atom is -0.326 e. The molecule has 2 rings (SSSR count). The van der Waals surface area contributed by atoms with Crippen molar-refractivity contribution in [2.45, 2.75) is 26.2 Å². The highest BCUT2D eigenvalue weighted by molar-refractivity contribution is 7.92. The van der Waals surface area contributed by atoms with Crippen LogP contribution in [0.1, 0.15) is 25.3 Å². The van der Waals surface area contributed by atoms with E-state index in [-0.39, 0.29) is 23.9 Å². The van der Waals surface area contributed by atoms with Gasteiger partial charge in [0, 0.05) is 18.7 Å². The van der Waals surface area contributed by atoms with Crippen LogP contribution in [0.3, 0.4) is 0 Å². The summed E-state index contributed by atoms with van der Waals surface area (Å²) in [6, 6.07) is 11.2. The minimum absolute atomic E-state index is 0.0772. The summed E-state index contributed by atoms with van der Waals surface area (Å²) in [6.45, 7) is 2.21. The van der Waals surface area contributed by atoms with Crippen LogP contribution in [-0.2, 0) is 21.2 Å². The lowest BCUT2D eigenvalue weighted by Gasteiger charge is -2.22. The molecule has 1 N–H and O–H groups in total. The van der Waals surface area contributed by atoms with Crippen LogP contribution >= 0.6 is 11.6 Å². The smallest absolute Gasteiger partial charge is 0.232 e. The maximum Gasteiger partial charge on any atom is 0.232 e. The molecule has 0 heterocycles. The molecule has 2 aromatic carbocycles. The van der Waals surface area contributed by atoms with Gasteiger partial charge in [-0.15, -0.1) is 0 Å². The molecular formula is C19H22ClFN2O3S. The van der Waals surface area contributed by atoms with Crippen LogP contribution in [-0.4, -0.2) is 27.1 Å². The summed E-state index contributed by atoms with van der Waals surface area (Å²) in [5, 5.41) is 2.54. The first-order valence-corrected chi connectivity index (χ1v) is 10.7. The lowest BCUT2D eigenvalue weighted by molar-refractivity contribution is -0.116. The number of rotatable bonds is 8. The first kappa shape index (κ1) is 21.2. The normalized spacial score (nSPS) is 11.3. The molecule has 0 aliphatic carbocycles. The summed E-state index contributed by atoms with van der Waals surface area (Å²) in [7, 11) is -3.46. The summed E-state index contributed by atoms with van der Waals surface area (Å²) in [5.74, 6) is -0.861. The Labute approximate surface area is 164 Å². The maximum absolute atomic E-state index is 13.1. The van der Waals surface area contributed by atoms with Crippen LogP contribution in [0.25, 0.3) is 0 Å². The molecule has 8 heteroatoms. The van der Waals surface area contributed by atoms with Crippen LogP contribution in [0.2, 0.25) is 5.02 Å². The van der Waals surface area contributed by atoms with Crippen molar-refractivity contribution in [3.63, 3.8) is 0 Å². The SMILES string of the molecule is CCc1ccc(N(CCCC(=O)Nc2ccc(F)c(Cl)c2)S(C)(=O)=O)cc1. The zero-order chi connectivity index (χ0) is 20.0. The Hall–Kier alpha value is -2.12. The van der Waals surface area contributed by atoms with E-state index in [0.29, 0.717) is 17.8 Å². The third kappa shape index (κ3) is 6.22. The number of carbonyl (C=O) groups excluding carboxylic acids is 1. The van der Waals surface area contributed by atoms with Gasteiger partial charge in [0.05, 0.1) is 17.0 Å². The number of nitrogens with zero attached hydrogens (tertiary/aromatic N) is 1. The molecule has 0 bridgehead atoms. The number of amides is 1. The van der Waals surface area contributed by atoms with Gasteiger partial charge in [0.1, 0.15) is 5.82 Å². The lowest BCUT2D eigenvalue weighted by Crippen LogP contribution is -2.31. The van der Waals surface area contributed by atoms with E-state index >= 15 is 0 Å². The average Bonchev–Trinajstić information content (AvgIpc) is 2.61. The zero-order valence-corrected chi connectivity index (χ0v) is 16.8. The third-order valence-corrected chi connectivity index (χ3v) is 5.49. The Balaban J connectivity index is 1.96. The molecule has 0 radical (unpaired) electrons. The van der Waals surface area contributed by atoms with Gasteiger partial charge in [-0.2, -0.15) is 0 Å². The highest BCUT2D eigenvalue weighted by Crippen LogP contribution is 2.21. The number of carbonyl (C=O) groups is 1. The van der Waals surface area contributed by atoms with Crippen LogP contribution in [0.5, 0.6) is 0 Å². The van der Waals surface area contributed by atoms with E-state index in [9.17, 15) is 17.6 Å². The van der Waals surface area contributed by atoms with Crippen LogP contribution in [0, 0.1) is 5.82 Å². The van der Waals surface area contributed by atoms with E-state index < -0.39 is 15.8 Å². The zero-order valence-electron chi connectivity index (χ0n) is 15.2. The number of halogens is 2. The summed E-state index contributed by atoms with van der Waals surface area (Å²) in [4.78, 5) is 12.0. The van der Waals surface area contributed by atoms with Crippen molar-refractivity contribution in [3.8, 4) is 0 Å². The van der Waals surface area contributed by atoms with E-state index in [4.69, 9.17) is 11.6 Å². The summed E-state index contributed by atoms with van der Waals surface area (Å²) in [5.41, 5.74) is 2.08. The molecule has 146 valence electrons. The first-order valence-electron chi connectivity index (χ1n) is 8.52. The first-order chi connectivity index (χ1) is 12.7. The Morgan fingerprint density at radius 1 is 1.19 bits per heavy atom. The van der Waals surface area contributed by atoms with Gasteiger partial charge in [0.2, 0.25) is 15.9 Å². The predicted molar refractivity (Wildman–Crippen MR) is 107 cm³/mol. The predicted octanol–water partition coefficient (Wildman–Crippen LogP) is 4.23. The second-order valence-corrected chi connectivity index (χ2v) is 8.45. The molecule has 0 atom stereocenters. The van der Waals surface area contributed by atoms with Crippen LogP contribution in [0.4, 0.5) is 15.8 Å². The molecule has 0 spiro atoms. The van der Waals surface area contributed by atoms with Crippen LogP contribution in [0.15, 0.2) is 42.5 Å². The largest absolute Gasteiger partial charge is 0.326 e. The summed E-state index contributed by atoms with van der Waals surface area (Å²) < 4.78 is 38.6. The fourth-order valence-electron chi connectivity index (χ4n) is 2.56. The standard InChI is InChI=1S/C19H22ClFN2O3S/c1-3-14-6-9-16(10-7-14)23(27(2,25)26)12-4-5-19(24)22-15-8-11-18(21)17(20)13-15/h6-11,13H,3-5,12H2,1-2H3,(H,22,24). The van der Waals surface area contributed by atoms with Gasteiger partial charge in [-0.05, 0) is 48.7 Å². The Bertz CT molecular complexity index is 902. The molecule has 27 heavy (non-hydrogen) atoms. The van der Waals surface area contributed by atoms with Gasteiger partial charge in [-0.1, -0.05) is 30.7 Å². The van der Waals surface area contributed by atoms with Gasteiger partial charge in [-0.3, -0.25) is 9.10 Å². The van der Waals surface area contributed by atoms with Crippen molar-refractivity contribution in [3.05, 3.63) is 58.9 Å². The lowest BCUT2D eigenvalue weighted by atomic mass is 10.1. The molecule has 1 amide bonds. The van der Waals surface area contributed by atoms with E-state index in [1.165, 1.54) is 22.5 Å². The van der Waals surface area contributed by atoms with Gasteiger partial charge in [0.25, 0.3) is 0 Å². The number of benzene rings is 2. The van der Waals surface area contributed by atoms with E-state index in [2.05, 4.69) is 5.32 Å². The maximum atomic E-state index is 13.1. The second kappa shape index (κ2) is 9.19.